The summed E-state index contributed by atoms with van der Waals surface area (Å²) in [6.07, 6.45) is 1.20. The molecule has 20 heavy (non-hydrogen) atoms. The van der Waals surface area contributed by atoms with Crippen LogP contribution in [0.15, 0.2) is 17.7 Å². The Labute approximate surface area is 130 Å². The van der Waals surface area contributed by atoms with Crippen molar-refractivity contribution < 1.29 is 19.1 Å². The lowest BCUT2D eigenvalue weighted by molar-refractivity contribution is -0.222. The summed E-state index contributed by atoms with van der Waals surface area (Å²) in [7, 11) is 0. The predicted octanol–water partition coefficient (Wildman–Crippen LogP) is 3.87. The first-order chi connectivity index (χ1) is 9.21. The maximum absolute atomic E-state index is 11.8. The van der Waals surface area contributed by atoms with Crippen LogP contribution in [0.2, 0.25) is 15.1 Å². The van der Waals surface area contributed by atoms with Crippen LogP contribution in [-0.2, 0) is 19.1 Å². The Morgan fingerprint density at radius 3 is 2.05 bits per heavy atom. The first-order valence-corrected chi connectivity index (χ1v) is 6.66. The van der Waals surface area contributed by atoms with Gasteiger partial charge in [0.2, 0.25) is 0 Å². The number of ether oxygens (including phenoxy) is 2. The molecule has 0 aromatic heterocycles. The van der Waals surface area contributed by atoms with Crippen molar-refractivity contribution in [3.63, 3.8) is 0 Å². The van der Waals surface area contributed by atoms with Crippen molar-refractivity contribution in [3.05, 3.63) is 38.3 Å². The van der Waals surface area contributed by atoms with Gasteiger partial charge in [-0.05, 0) is 18.2 Å². The fraction of sp³-hybridized carbons (Fsp3) is 0.231. The Balaban J connectivity index is 2.49. The lowest BCUT2D eigenvalue weighted by Gasteiger charge is -2.29. The van der Waals surface area contributed by atoms with Crippen LogP contribution in [0.4, 0.5) is 0 Å². The van der Waals surface area contributed by atoms with Crippen LogP contribution >= 0.6 is 34.8 Å². The van der Waals surface area contributed by atoms with Gasteiger partial charge in [0.25, 0.3) is 5.79 Å². The van der Waals surface area contributed by atoms with E-state index < -0.39 is 17.7 Å². The van der Waals surface area contributed by atoms with E-state index in [0.29, 0.717) is 0 Å². The van der Waals surface area contributed by atoms with Gasteiger partial charge in [0, 0.05) is 24.4 Å². The summed E-state index contributed by atoms with van der Waals surface area (Å²) in [5, 5.41) is 0.634. The van der Waals surface area contributed by atoms with E-state index >= 15 is 0 Å². The molecule has 2 rings (SSSR count). The molecule has 0 saturated carbocycles. The van der Waals surface area contributed by atoms with Crippen LogP contribution in [0.3, 0.4) is 0 Å². The molecule has 0 N–H and O–H groups in total. The third-order valence-corrected chi connectivity index (χ3v) is 3.63. The zero-order chi connectivity index (χ0) is 15.1. The molecule has 0 amide bonds. The summed E-state index contributed by atoms with van der Waals surface area (Å²) in [5.41, 5.74) is -0.0418. The monoisotopic (exact) mass is 334 g/mol. The largest absolute Gasteiger partial charge is 0.419 e. The quantitative estimate of drug-likeness (QED) is 0.338. The molecule has 0 spiro atoms. The van der Waals surface area contributed by atoms with E-state index in [4.69, 9.17) is 44.3 Å². The van der Waals surface area contributed by atoms with Gasteiger partial charge in [-0.2, -0.15) is 0 Å². The molecule has 0 aliphatic carbocycles. The van der Waals surface area contributed by atoms with Gasteiger partial charge in [0.15, 0.2) is 0 Å². The van der Waals surface area contributed by atoms with Gasteiger partial charge < -0.3 is 9.47 Å². The summed E-state index contributed by atoms with van der Waals surface area (Å²) >= 11 is 17.9. The van der Waals surface area contributed by atoms with Crippen LogP contribution in [0.5, 0.6) is 0 Å². The van der Waals surface area contributed by atoms with Crippen LogP contribution in [-0.4, -0.2) is 17.7 Å². The van der Waals surface area contributed by atoms with Crippen LogP contribution in [0, 0.1) is 0 Å². The van der Waals surface area contributed by atoms with Gasteiger partial charge in [0.1, 0.15) is 5.57 Å². The van der Waals surface area contributed by atoms with Gasteiger partial charge in [0.05, 0.1) is 10.0 Å². The second-order valence-electron chi connectivity index (χ2n) is 4.49. The number of cyclic esters (lactones) is 2. The maximum Gasteiger partial charge on any atom is 0.348 e. The van der Waals surface area contributed by atoms with E-state index in [1.807, 2.05) is 0 Å². The molecule has 1 saturated heterocycles. The summed E-state index contributed by atoms with van der Waals surface area (Å²) in [4.78, 5) is 23.6. The fourth-order valence-electron chi connectivity index (χ4n) is 1.60. The molecule has 0 unspecified atom stereocenters. The lowest BCUT2D eigenvalue weighted by Crippen LogP contribution is -2.41. The van der Waals surface area contributed by atoms with E-state index in [0.717, 1.165) is 0 Å². The highest BCUT2D eigenvalue weighted by Gasteiger charge is 2.39. The summed E-state index contributed by atoms with van der Waals surface area (Å²) in [6.45, 7) is 2.91. The van der Waals surface area contributed by atoms with Crippen molar-refractivity contribution >= 4 is 52.8 Å². The van der Waals surface area contributed by atoms with Gasteiger partial charge in [-0.1, -0.05) is 34.8 Å². The maximum atomic E-state index is 11.8. The smallest absolute Gasteiger partial charge is 0.348 e. The van der Waals surface area contributed by atoms with Crippen molar-refractivity contribution in [2.24, 2.45) is 0 Å². The van der Waals surface area contributed by atoms with Crippen molar-refractivity contribution in [1.82, 2.24) is 0 Å². The molecule has 1 aliphatic heterocycles. The molecule has 1 heterocycles. The topological polar surface area (TPSA) is 52.6 Å². The minimum Gasteiger partial charge on any atom is -0.419 e. The molecule has 0 atom stereocenters. The van der Waals surface area contributed by atoms with Crippen LogP contribution in [0.25, 0.3) is 6.08 Å². The number of halogens is 3. The van der Waals surface area contributed by atoms with E-state index in [2.05, 4.69) is 0 Å². The normalized spacial score (nSPS) is 17.6. The Morgan fingerprint density at radius 1 is 1.00 bits per heavy atom. The molecule has 106 valence electrons. The lowest BCUT2D eigenvalue weighted by atomic mass is 10.1. The van der Waals surface area contributed by atoms with Crippen molar-refractivity contribution in [2.45, 2.75) is 19.6 Å². The number of rotatable bonds is 1. The molecule has 0 bridgehead atoms. The van der Waals surface area contributed by atoms with Gasteiger partial charge >= 0.3 is 11.9 Å². The summed E-state index contributed by atoms with van der Waals surface area (Å²) in [6, 6.07) is 3.01. The molecule has 1 aromatic rings. The third kappa shape index (κ3) is 2.92. The van der Waals surface area contributed by atoms with Crippen LogP contribution < -0.4 is 0 Å². The van der Waals surface area contributed by atoms with Crippen molar-refractivity contribution in [1.29, 1.82) is 0 Å². The second kappa shape index (κ2) is 5.28. The number of carbonyl (C=O) groups is 2. The number of hydrogen-bond donors (Lipinski definition) is 0. The molecular formula is C13H9Cl3O4. The summed E-state index contributed by atoms with van der Waals surface area (Å²) < 4.78 is 9.94. The minimum atomic E-state index is -1.30. The Morgan fingerprint density at radius 2 is 1.50 bits per heavy atom. The number of hydrogen-bond acceptors (Lipinski definition) is 4. The molecule has 0 radical (unpaired) electrons. The SMILES string of the molecule is CC1(C)OC(=O)C(=Cc2c(Cl)ccc(Cl)c2Cl)C(=O)O1. The molecule has 7 heteroatoms. The van der Waals surface area contributed by atoms with E-state index in [9.17, 15) is 9.59 Å². The van der Waals surface area contributed by atoms with Crippen molar-refractivity contribution in [2.75, 3.05) is 0 Å². The van der Waals surface area contributed by atoms with Gasteiger partial charge in [-0.3, -0.25) is 0 Å². The zero-order valence-electron chi connectivity index (χ0n) is 10.5. The van der Waals surface area contributed by atoms with E-state index in [1.165, 1.54) is 32.1 Å². The molecule has 1 aromatic carbocycles. The standard InChI is InChI=1S/C13H9Cl3O4/c1-13(2)19-11(17)7(12(18)20-13)5-6-8(14)3-4-9(15)10(6)16/h3-5H,1-2H3. The van der Waals surface area contributed by atoms with Gasteiger partial charge in [-0.25, -0.2) is 9.59 Å². The molecule has 1 aliphatic rings. The number of esters is 2. The first-order valence-electron chi connectivity index (χ1n) is 5.53. The Hall–Kier alpha value is -1.23. The number of carbonyl (C=O) groups excluding carboxylic acids is 2. The summed E-state index contributed by atoms with van der Waals surface area (Å²) in [5.74, 6) is -2.91. The highest BCUT2D eigenvalue weighted by atomic mass is 35.5. The average molecular weight is 336 g/mol. The predicted molar refractivity (Wildman–Crippen MR) is 75.7 cm³/mol. The molecular weight excluding hydrogens is 326 g/mol. The zero-order valence-corrected chi connectivity index (χ0v) is 12.8. The Kier molecular flexibility index (Phi) is 4.00. The van der Waals surface area contributed by atoms with Crippen molar-refractivity contribution in [3.8, 4) is 0 Å². The Bertz CT molecular complexity index is 613. The van der Waals surface area contributed by atoms with E-state index in [1.54, 1.807) is 0 Å². The molecule has 4 nitrogen and oxygen atoms in total. The highest BCUT2D eigenvalue weighted by molar-refractivity contribution is 6.45. The fourth-order valence-corrected chi connectivity index (χ4v) is 2.24. The van der Waals surface area contributed by atoms with Crippen LogP contribution in [0.1, 0.15) is 19.4 Å². The first kappa shape index (κ1) is 15.2. The molecule has 1 fully saturated rings. The number of benzene rings is 1. The minimum absolute atomic E-state index is 0.136. The highest BCUT2D eigenvalue weighted by Crippen LogP contribution is 2.34. The van der Waals surface area contributed by atoms with E-state index in [-0.39, 0.29) is 26.2 Å². The third-order valence-electron chi connectivity index (χ3n) is 2.48. The van der Waals surface area contributed by atoms with Gasteiger partial charge in [-0.15, -0.1) is 0 Å². The second-order valence-corrected chi connectivity index (χ2v) is 5.69. The average Bonchev–Trinajstić information content (AvgIpc) is 2.31.